The molecular weight excluding hydrogens is 240 g/mol. The van der Waals surface area contributed by atoms with Gasteiger partial charge >= 0.3 is 5.97 Å². The van der Waals surface area contributed by atoms with Crippen molar-refractivity contribution in [2.75, 3.05) is 19.1 Å². The van der Waals surface area contributed by atoms with Gasteiger partial charge in [0.1, 0.15) is 5.82 Å². The highest BCUT2D eigenvalue weighted by Gasteiger charge is 2.19. The Hall–Kier alpha value is -1.58. The van der Waals surface area contributed by atoms with Gasteiger partial charge in [-0.25, -0.2) is 9.78 Å². The molecule has 0 bridgehead atoms. The maximum Gasteiger partial charge on any atom is 0.338 e. The number of rotatable bonds is 3. The van der Waals surface area contributed by atoms with Gasteiger partial charge in [-0.15, -0.1) is 0 Å². The van der Waals surface area contributed by atoms with E-state index in [0.717, 1.165) is 5.82 Å². The summed E-state index contributed by atoms with van der Waals surface area (Å²) in [5.41, 5.74) is 0.563. The first-order valence-corrected chi connectivity index (χ1v) is 6.99. The van der Waals surface area contributed by atoms with Crippen LogP contribution in [0.3, 0.4) is 0 Å². The predicted molar refractivity (Wildman–Crippen MR) is 75.5 cm³/mol. The number of anilines is 1. The zero-order valence-electron chi connectivity index (χ0n) is 11.8. The van der Waals surface area contributed by atoms with Crippen LogP contribution >= 0.6 is 0 Å². The molecule has 0 aromatic carbocycles. The van der Waals surface area contributed by atoms with Crippen LogP contribution in [0.15, 0.2) is 18.3 Å². The molecule has 1 saturated carbocycles. The molecular formula is C15H22N2O2. The van der Waals surface area contributed by atoms with Gasteiger partial charge in [0.2, 0.25) is 0 Å². The summed E-state index contributed by atoms with van der Waals surface area (Å²) in [5.74, 6) is 0.549. The van der Waals surface area contributed by atoms with Crippen LogP contribution in [-0.4, -0.2) is 31.2 Å². The molecule has 0 saturated heterocycles. The maximum absolute atomic E-state index is 11.6. The summed E-state index contributed by atoms with van der Waals surface area (Å²) in [5, 5.41) is 0. The summed E-state index contributed by atoms with van der Waals surface area (Å²) in [6.07, 6.45) is 9.33. The normalized spacial score (nSPS) is 16.7. The first kappa shape index (κ1) is 13.8. The van der Waals surface area contributed by atoms with Crippen LogP contribution in [0.5, 0.6) is 0 Å². The van der Waals surface area contributed by atoms with E-state index < -0.39 is 0 Å². The number of hydrogen-bond donors (Lipinski definition) is 0. The quantitative estimate of drug-likeness (QED) is 0.620. The van der Waals surface area contributed by atoms with Crippen molar-refractivity contribution in [2.45, 2.75) is 44.6 Å². The van der Waals surface area contributed by atoms with E-state index in [-0.39, 0.29) is 5.97 Å². The molecule has 0 atom stereocenters. The Morgan fingerprint density at radius 3 is 2.63 bits per heavy atom. The van der Waals surface area contributed by atoms with Crippen molar-refractivity contribution in [1.82, 2.24) is 4.98 Å². The molecule has 0 amide bonds. The molecule has 0 radical (unpaired) electrons. The summed E-state index contributed by atoms with van der Waals surface area (Å²) in [6, 6.07) is 4.04. The largest absolute Gasteiger partial charge is 0.465 e. The molecule has 104 valence electrons. The first-order chi connectivity index (χ1) is 9.22. The van der Waals surface area contributed by atoms with Gasteiger partial charge in [0, 0.05) is 19.3 Å². The molecule has 0 N–H and O–H groups in total. The molecule has 0 unspecified atom stereocenters. The van der Waals surface area contributed by atoms with Gasteiger partial charge in [0.25, 0.3) is 0 Å². The van der Waals surface area contributed by atoms with E-state index in [1.165, 1.54) is 45.6 Å². The number of carbonyl (C=O) groups is 1. The second-order valence-corrected chi connectivity index (χ2v) is 5.15. The third kappa shape index (κ3) is 3.46. The minimum absolute atomic E-state index is 0.307. The van der Waals surface area contributed by atoms with Gasteiger partial charge in [-0.3, -0.25) is 0 Å². The Morgan fingerprint density at radius 1 is 1.32 bits per heavy atom. The lowest BCUT2D eigenvalue weighted by Crippen LogP contribution is -2.31. The molecule has 1 aromatic rings. The third-order valence-electron chi connectivity index (χ3n) is 3.90. The second-order valence-electron chi connectivity index (χ2n) is 5.15. The van der Waals surface area contributed by atoms with Gasteiger partial charge in [-0.2, -0.15) is 0 Å². The fraction of sp³-hybridized carbons (Fsp3) is 0.600. The van der Waals surface area contributed by atoms with Crippen molar-refractivity contribution in [3.05, 3.63) is 23.9 Å². The number of nitrogens with zero attached hydrogens (tertiary/aromatic N) is 2. The highest BCUT2D eigenvalue weighted by molar-refractivity contribution is 5.90. The maximum atomic E-state index is 11.6. The molecule has 4 heteroatoms. The van der Waals surface area contributed by atoms with Crippen LogP contribution in [0.1, 0.15) is 48.9 Å². The molecule has 1 aliphatic rings. The number of hydrogen-bond acceptors (Lipinski definition) is 4. The average molecular weight is 262 g/mol. The lowest BCUT2D eigenvalue weighted by Gasteiger charge is -2.28. The van der Waals surface area contributed by atoms with Crippen molar-refractivity contribution in [1.29, 1.82) is 0 Å². The number of aromatic nitrogens is 1. The molecule has 0 aliphatic heterocycles. The summed E-state index contributed by atoms with van der Waals surface area (Å²) >= 11 is 0. The summed E-state index contributed by atoms with van der Waals surface area (Å²) in [6.45, 7) is 0. The minimum Gasteiger partial charge on any atom is -0.465 e. The van der Waals surface area contributed by atoms with Crippen molar-refractivity contribution < 1.29 is 9.53 Å². The lowest BCUT2D eigenvalue weighted by molar-refractivity contribution is 0.0600. The monoisotopic (exact) mass is 262 g/mol. The number of esters is 1. The fourth-order valence-corrected chi connectivity index (χ4v) is 2.69. The smallest absolute Gasteiger partial charge is 0.338 e. The number of pyridine rings is 1. The van der Waals surface area contributed by atoms with Gasteiger partial charge in [0.15, 0.2) is 0 Å². The van der Waals surface area contributed by atoms with Crippen molar-refractivity contribution >= 4 is 11.8 Å². The molecule has 0 spiro atoms. The average Bonchev–Trinajstić information content (AvgIpc) is 2.75. The Balaban J connectivity index is 2.13. The minimum atomic E-state index is -0.307. The van der Waals surface area contributed by atoms with Crippen LogP contribution in [0.25, 0.3) is 0 Å². The summed E-state index contributed by atoms with van der Waals surface area (Å²) in [7, 11) is 3.47. The van der Waals surface area contributed by atoms with Gasteiger partial charge in [0.05, 0.1) is 12.7 Å². The zero-order chi connectivity index (χ0) is 13.7. The van der Waals surface area contributed by atoms with E-state index in [4.69, 9.17) is 4.74 Å². The Labute approximate surface area is 114 Å². The number of ether oxygens (including phenoxy) is 1. The highest BCUT2D eigenvalue weighted by Crippen LogP contribution is 2.24. The summed E-state index contributed by atoms with van der Waals surface area (Å²) < 4.78 is 4.75. The van der Waals surface area contributed by atoms with Crippen LogP contribution < -0.4 is 4.90 Å². The Bertz CT molecular complexity index is 426. The fourth-order valence-electron chi connectivity index (χ4n) is 2.69. The molecule has 4 nitrogen and oxygen atoms in total. The van der Waals surface area contributed by atoms with E-state index in [1.807, 2.05) is 6.07 Å². The van der Waals surface area contributed by atoms with Crippen LogP contribution in [0.2, 0.25) is 0 Å². The second kappa shape index (κ2) is 6.55. The first-order valence-electron chi connectivity index (χ1n) is 6.99. The van der Waals surface area contributed by atoms with E-state index >= 15 is 0 Å². The molecule has 1 aromatic heterocycles. The van der Waals surface area contributed by atoms with Crippen LogP contribution in [0, 0.1) is 0 Å². The molecule has 19 heavy (non-hydrogen) atoms. The topological polar surface area (TPSA) is 42.4 Å². The van der Waals surface area contributed by atoms with Crippen molar-refractivity contribution in [3.63, 3.8) is 0 Å². The standard InChI is InChI=1S/C15H22N2O2/c1-17(13-7-5-3-4-6-8-13)14-11-12(9-10-16-14)15(18)19-2/h9-11,13H,3-8H2,1-2H3. The predicted octanol–water partition coefficient (Wildman–Crippen LogP) is 3.03. The SMILES string of the molecule is COC(=O)c1ccnc(N(C)C2CCCCCC2)c1. The number of methoxy groups -OCH3 is 1. The molecule has 1 fully saturated rings. The Morgan fingerprint density at radius 2 is 2.00 bits per heavy atom. The molecule has 1 aliphatic carbocycles. The van der Waals surface area contributed by atoms with E-state index in [9.17, 15) is 4.79 Å². The van der Waals surface area contributed by atoms with Crippen molar-refractivity contribution in [3.8, 4) is 0 Å². The Kier molecular flexibility index (Phi) is 4.77. The van der Waals surface area contributed by atoms with Gasteiger partial charge in [-0.05, 0) is 25.0 Å². The van der Waals surface area contributed by atoms with Gasteiger partial charge < -0.3 is 9.64 Å². The molecule has 2 rings (SSSR count). The van der Waals surface area contributed by atoms with Crippen LogP contribution in [-0.2, 0) is 4.74 Å². The van der Waals surface area contributed by atoms with E-state index in [1.54, 1.807) is 12.3 Å². The van der Waals surface area contributed by atoms with Gasteiger partial charge in [-0.1, -0.05) is 25.7 Å². The zero-order valence-corrected chi connectivity index (χ0v) is 11.8. The highest BCUT2D eigenvalue weighted by atomic mass is 16.5. The van der Waals surface area contributed by atoms with Crippen LogP contribution in [0.4, 0.5) is 5.82 Å². The lowest BCUT2D eigenvalue weighted by atomic mass is 10.1. The third-order valence-corrected chi connectivity index (χ3v) is 3.90. The van der Waals surface area contributed by atoms with E-state index in [2.05, 4.69) is 16.9 Å². The summed E-state index contributed by atoms with van der Waals surface area (Å²) in [4.78, 5) is 18.1. The molecule has 1 heterocycles. The number of carbonyl (C=O) groups excluding carboxylic acids is 1. The van der Waals surface area contributed by atoms with E-state index in [0.29, 0.717) is 11.6 Å². The van der Waals surface area contributed by atoms with Crippen molar-refractivity contribution in [2.24, 2.45) is 0 Å².